The standard InChI is InChI=1S/C36H30O5.2C2H6/c37-33(21-18-27-16-19-31(20-17-27)39-24-28-10-4-1-5-11-28)36-34(38)22-32(40-25-29-12-6-2-7-13-29)23-35(36)41-26-30-14-8-3-9-15-30;2*1-2/h1-23,38H,24-26H2;2*1-2H3/b21-18+;;. The highest BCUT2D eigenvalue weighted by atomic mass is 16.5. The number of carbonyl (C=O) groups excluding carboxylic acids is 1. The average molecular weight is 603 g/mol. The lowest BCUT2D eigenvalue weighted by Crippen LogP contribution is -2.04. The van der Waals surface area contributed by atoms with E-state index in [1.165, 1.54) is 12.1 Å². The Balaban J connectivity index is 0.00000133. The maximum atomic E-state index is 13.3. The van der Waals surface area contributed by atoms with Crippen LogP contribution in [0.2, 0.25) is 0 Å². The molecular weight excluding hydrogens is 560 g/mol. The van der Waals surface area contributed by atoms with Crippen LogP contribution in [-0.2, 0) is 19.8 Å². The van der Waals surface area contributed by atoms with Gasteiger partial charge in [-0.3, -0.25) is 4.79 Å². The van der Waals surface area contributed by atoms with Gasteiger partial charge >= 0.3 is 0 Å². The van der Waals surface area contributed by atoms with Crippen molar-refractivity contribution < 1.29 is 24.1 Å². The molecule has 232 valence electrons. The summed E-state index contributed by atoms with van der Waals surface area (Å²) in [6.07, 6.45) is 3.12. The molecule has 5 aromatic carbocycles. The van der Waals surface area contributed by atoms with Crippen LogP contribution >= 0.6 is 0 Å². The highest BCUT2D eigenvalue weighted by Crippen LogP contribution is 2.35. The molecule has 0 aromatic heterocycles. The van der Waals surface area contributed by atoms with Gasteiger partial charge in [-0.25, -0.2) is 0 Å². The van der Waals surface area contributed by atoms with Gasteiger partial charge in [-0.1, -0.05) is 137 Å². The number of allylic oxidation sites excluding steroid dienone is 1. The van der Waals surface area contributed by atoms with Crippen LogP contribution in [0.25, 0.3) is 6.08 Å². The van der Waals surface area contributed by atoms with Crippen molar-refractivity contribution in [3.63, 3.8) is 0 Å². The Morgan fingerprint density at radius 2 is 1.02 bits per heavy atom. The predicted molar refractivity (Wildman–Crippen MR) is 183 cm³/mol. The fourth-order valence-corrected chi connectivity index (χ4v) is 4.17. The molecular formula is C40H42O5. The molecule has 0 heterocycles. The van der Waals surface area contributed by atoms with E-state index in [0.717, 1.165) is 28.0 Å². The molecule has 0 radical (unpaired) electrons. The van der Waals surface area contributed by atoms with E-state index in [0.29, 0.717) is 19.0 Å². The van der Waals surface area contributed by atoms with Crippen molar-refractivity contribution in [2.75, 3.05) is 0 Å². The quantitative estimate of drug-likeness (QED) is 0.114. The minimum absolute atomic E-state index is 0.0760. The number of phenolic OH excluding ortho intramolecular Hbond substituents is 1. The van der Waals surface area contributed by atoms with E-state index in [1.54, 1.807) is 12.1 Å². The summed E-state index contributed by atoms with van der Waals surface area (Å²) in [7, 11) is 0. The van der Waals surface area contributed by atoms with Gasteiger partial charge in [0.05, 0.1) is 0 Å². The van der Waals surface area contributed by atoms with Gasteiger partial charge < -0.3 is 19.3 Å². The van der Waals surface area contributed by atoms with Gasteiger partial charge in [0.25, 0.3) is 0 Å². The van der Waals surface area contributed by atoms with Gasteiger partial charge in [0.15, 0.2) is 5.78 Å². The van der Waals surface area contributed by atoms with Crippen LogP contribution in [0, 0.1) is 0 Å². The van der Waals surface area contributed by atoms with Crippen molar-refractivity contribution in [3.8, 4) is 23.0 Å². The average Bonchev–Trinajstić information content (AvgIpc) is 3.11. The summed E-state index contributed by atoms with van der Waals surface area (Å²) >= 11 is 0. The number of aromatic hydroxyl groups is 1. The van der Waals surface area contributed by atoms with Crippen LogP contribution in [0.3, 0.4) is 0 Å². The largest absolute Gasteiger partial charge is 0.507 e. The zero-order valence-electron chi connectivity index (χ0n) is 26.5. The minimum Gasteiger partial charge on any atom is -0.507 e. The second kappa shape index (κ2) is 19.1. The molecule has 0 unspecified atom stereocenters. The summed E-state index contributed by atoms with van der Waals surface area (Å²) < 4.78 is 17.8. The summed E-state index contributed by atoms with van der Waals surface area (Å²) in [5.74, 6) is 0.789. The molecule has 5 heteroatoms. The molecule has 0 aliphatic carbocycles. The Kier molecular flexibility index (Phi) is 14.5. The topological polar surface area (TPSA) is 65.0 Å². The van der Waals surface area contributed by atoms with Crippen molar-refractivity contribution in [3.05, 3.63) is 161 Å². The lowest BCUT2D eigenvalue weighted by molar-refractivity contribution is 0.104. The van der Waals surface area contributed by atoms with E-state index in [-0.39, 0.29) is 29.5 Å². The Bertz CT molecular complexity index is 1580. The normalized spacial score (nSPS) is 10.1. The van der Waals surface area contributed by atoms with Crippen molar-refractivity contribution >= 4 is 11.9 Å². The molecule has 0 aliphatic rings. The summed E-state index contributed by atoms with van der Waals surface area (Å²) in [6, 6.07) is 39.8. The van der Waals surface area contributed by atoms with Crippen LogP contribution in [0.1, 0.15) is 60.3 Å². The minimum atomic E-state index is -0.385. The molecule has 0 saturated heterocycles. The maximum Gasteiger partial charge on any atom is 0.193 e. The lowest BCUT2D eigenvalue weighted by Gasteiger charge is -2.14. The summed E-state index contributed by atoms with van der Waals surface area (Å²) in [5, 5.41) is 10.9. The first-order valence-electron chi connectivity index (χ1n) is 15.3. The highest BCUT2D eigenvalue weighted by molar-refractivity contribution is 6.10. The first kappa shape index (κ1) is 34.2. The molecule has 5 rings (SSSR count). The molecule has 0 saturated carbocycles. The van der Waals surface area contributed by atoms with Gasteiger partial charge in [-0.2, -0.15) is 0 Å². The third-order valence-corrected chi connectivity index (χ3v) is 6.34. The zero-order valence-corrected chi connectivity index (χ0v) is 26.5. The fraction of sp³-hybridized carbons (Fsp3) is 0.175. The molecule has 1 N–H and O–H groups in total. The molecule has 0 bridgehead atoms. The number of hydrogen-bond donors (Lipinski definition) is 1. The number of hydrogen-bond acceptors (Lipinski definition) is 5. The van der Waals surface area contributed by atoms with Crippen LogP contribution < -0.4 is 14.2 Å². The van der Waals surface area contributed by atoms with Gasteiger partial charge in [-0.15, -0.1) is 0 Å². The Morgan fingerprint density at radius 3 is 1.51 bits per heavy atom. The third-order valence-electron chi connectivity index (χ3n) is 6.34. The summed E-state index contributed by atoms with van der Waals surface area (Å²) in [4.78, 5) is 13.3. The molecule has 45 heavy (non-hydrogen) atoms. The molecule has 5 nitrogen and oxygen atoms in total. The molecule has 5 aromatic rings. The third kappa shape index (κ3) is 11.0. The zero-order chi connectivity index (χ0) is 32.3. The Labute approximate surface area is 267 Å². The number of phenols is 1. The number of benzene rings is 5. The predicted octanol–water partition coefficient (Wildman–Crippen LogP) is 10.1. The van der Waals surface area contributed by atoms with Gasteiger partial charge in [-0.05, 0) is 40.5 Å². The van der Waals surface area contributed by atoms with Gasteiger partial charge in [0.1, 0.15) is 48.4 Å². The molecule has 0 fully saturated rings. The molecule has 0 atom stereocenters. The van der Waals surface area contributed by atoms with Crippen LogP contribution in [0.5, 0.6) is 23.0 Å². The van der Waals surface area contributed by atoms with E-state index >= 15 is 0 Å². The molecule has 0 aliphatic heterocycles. The van der Waals surface area contributed by atoms with E-state index in [9.17, 15) is 9.90 Å². The first-order valence-corrected chi connectivity index (χ1v) is 15.3. The van der Waals surface area contributed by atoms with E-state index < -0.39 is 0 Å². The summed E-state index contributed by atoms with van der Waals surface area (Å²) in [5.41, 5.74) is 3.90. The van der Waals surface area contributed by atoms with Crippen LogP contribution in [0.15, 0.2) is 133 Å². The van der Waals surface area contributed by atoms with Crippen molar-refractivity contribution in [1.29, 1.82) is 0 Å². The van der Waals surface area contributed by atoms with E-state index in [4.69, 9.17) is 14.2 Å². The van der Waals surface area contributed by atoms with E-state index in [2.05, 4.69) is 0 Å². The Hall–Kier alpha value is -5.29. The molecule has 0 amide bonds. The van der Waals surface area contributed by atoms with Crippen molar-refractivity contribution in [2.24, 2.45) is 0 Å². The number of carbonyl (C=O) groups is 1. The van der Waals surface area contributed by atoms with Crippen LogP contribution in [0.4, 0.5) is 0 Å². The molecule has 0 spiro atoms. The van der Waals surface area contributed by atoms with Gasteiger partial charge in [0.2, 0.25) is 0 Å². The number of rotatable bonds is 12. The second-order valence-electron chi connectivity index (χ2n) is 9.40. The Morgan fingerprint density at radius 1 is 0.578 bits per heavy atom. The highest BCUT2D eigenvalue weighted by Gasteiger charge is 2.19. The van der Waals surface area contributed by atoms with E-state index in [1.807, 2.05) is 143 Å². The second-order valence-corrected chi connectivity index (χ2v) is 9.40. The SMILES string of the molecule is CC.CC.O=C(/C=C/c1ccc(OCc2ccccc2)cc1)c1c(O)cc(OCc2ccccc2)cc1OCc1ccccc1. The number of ketones is 1. The smallest absolute Gasteiger partial charge is 0.193 e. The lowest BCUT2D eigenvalue weighted by atomic mass is 10.1. The maximum absolute atomic E-state index is 13.3. The van der Waals surface area contributed by atoms with Crippen LogP contribution in [-0.4, -0.2) is 10.9 Å². The summed E-state index contributed by atoms with van der Waals surface area (Å²) in [6.45, 7) is 9.03. The monoisotopic (exact) mass is 602 g/mol. The van der Waals surface area contributed by atoms with Crippen molar-refractivity contribution in [1.82, 2.24) is 0 Å². The number of ether oxygens (including phenoxy) is 3. The van der Waals surface area contributed by atoms with Gasteiger partial charge in [0, 0.05) is 12.1 Å². The fourth-order valence-electron chi connectivity index (χ4n) is 4.17. The first-order chi connectivity index (χ1) is 22.1. The van der Waals surface area contributed by atoms with Crippen molar-refractivity contribution in [2.45, 2.75) is 47.5 Å².